The highest BCUT2D eigenvalue weighted by molar-refractivity contribution is 8.13. The van der Waals surface area contributed by atoms with Crippen LogP contribution in [0, 0.1) is 17.6 Å². The number of amides is 1. The summed E-state index contributed by atoms with van der Waals surface area (Å²) in [6.07, 6.45) is 1.14. The third kappa shape index (κ3) is 9.80. The monoisotopic (exact) mass is 534 g/mol. The molecule has 1 amide bonds. The number of halogens is 3. The summed E-state index contributed by atoms with van der Waals surface area (Å²) in [7, 11) is -1.36. The van der Waals surface area contributed by atoms with Crippen LogP contribution in [0.4, 0.5) is 18.0 Å². The fourth-order valence-corrected chi connectivity index (χ4v) is 4.61. The van der Waals surface area contributed by atoms with Crippen molar-refractivity contribution < 1.29 is 27.4 Å². The van der Waals surface area contributed by atoms with E-state index in [9.17, 15) is 18.0 Å². The summed E-state index contributed by atoms with van der Waals surface area (Å²) in [6, 6.07) is 4.77. The van der Waals surface area contributed by atoms with Gasteiger partial charge in [0.2, 0.25) is 0 Å². The fourth-order valence-electron chi connectivity index (χ4n) is 3.23. The number of carbonyl (C=O) groups is 1. The Hall–Kier alpha value is -1.52. The Morgan fingerprint density at radius 1 is 1.20 bits per heavy atom. The third-order valence-electron chi connectivity index (χ3n) is 5.57. The summed E-state index contributed by atoms with van der Waals surface area (Å²) in [4.78, 5) is 19.2. The number of rotatable bonds is 10. The van der Waals surface area contributed by atoms with Crippen LogP contribution in [-0.4, -0.2) is 56.1 Å². The first-order valence-corrected chi connectivity index (χ1v) is 16.7. The predicted octanol–water partition coefficient (Wildman–Crippen LogP) is 7.44. The average Bonchev–Trinajstić information content (AvgIpc) is 2.72. The summed E-state index contributed by atoms with van der Waals surface area (Å²) >= 11 is 1.16. The normalized spacial score (nSPS) is 15.5. The van der Waals surface area contributed by atoms with Gasteiger partial charge in [-0.05, 0) is 58.4 Å². The number of benzene rings is 1. The molecular formula is C25H41F3N2O3SSi. The molecule has 5 nitrogen and oxygen atoms in total. The van der Waals surface area contributed by atoms with Crippen molar-refractivity contribution in [1.29, 1.82) is 0 Å². The Labute approximate surface area is 213 Å². The van der Waals surface area contributed by atoms with Gasteiger partial charge in [0.25, 0.3) is 0 Å². The maximum Gasteiger partial charge on any atom is 0.418 e. The van der Waals surface area contributed by atoms with E-state index in [0.717, 1.165) is 23.9 Å². The minimum Gasteiger partial charge on any atom is -0.443 e. The molecule has 1 aromatic carbocycles. The van der Waals surface area contributed by atoms with Gasteiger partial charge in [-0.25, -0.2) is 18.5 Å². The number of hydrogen-bond donors (Lipinski definition) is 0. The highest BCUT2D eigenvalue weighted by atomic mass is 32.2. The highest BCUT2D eigenvalue weighted by Crippen LogP contribution is 2.39. The number of ether oxygens (including phenoxy) is 2. The van der Waals surface area contributed by atoms with Gasteiger partial charge in [-0.1, -0.05) is 50.5 Å². The van der Waals surface area contributed by atoms with Crippen LogP contribution in [-0.2, 0) is 15.0 Å². The van der Waals surface area contributed by atoms with Gasteiger partial charge in [-0.3, -0.25) is 9.38 Å². The Morgan fingerprint density at radius 3 is 2.34 bits per heavy atom. The Kier molecular flexibility index (Phi) is 11.8. The maximum absolute atomic E-state index is 14.9. The van der Waals surface area contributed by atoms with Crippen LogP contribution in [0.3, 0.4) is 0 Å². The van der Waals surface area contributed by atoms with Gasteiger partial charge in [0.05, 0.1) is 12.2 Å². The molecule has 0 heterocycles. The van der Waals surface area contributed by atoms with E-state index in [0.29, 0.717) is 6.61 Å². The number of hydrogen-bond acceptors (Lipinski definition) is 5. The fraction of sp³-hybridized carbons (Fsp3) is 0.680. The molecule has 200 valence electrons. The van der Waals surface area contributed by atoms with E-state index in [2.05, 4.69) is 19.6 Å². The highest BCUT2D eigenvalue weighted by Gasteiger charge is 2.38. The van der Waals surface area contributed by atoms with E-state index in [1.807, 2.05) is 0 Å². The molecule has 0 fully saturated rings. The second-order valence-corrected chi connectivity index (χ2v) is 17.4. The van der Waals surface area contributed by atoms with Crippen molar-refractivity contribution in [3.63, 3.8) is 0 Å². The molecule has 0 aromatic heterocycles. The smallest absolute Gasteiger partial charge is 0.418 e. The lowest BCUT2D eigenvalue weighted by Crippen LogP contribution is -2.43. The molecule has 0 unspecified atom stereocenters. The molecule has 0 spiro atoms. The standard InChI is InChI=1S/C25H41F3N2O3SSi/c1-18(13-14-26)25(5,19-11-10-12-20(27)21(19)28)29-22(34-6)30(23(31)33-24(2,3)4)17-32-15-16-35(7,8)9/h10-12,18H,13-17H2,1-9H3/t18-,25+/m1/s1. The Bertz CT molecular complexity index is 874. The van der Waals surface area contributed by atoms with Gasteiger partial charge in [0, 0.05) is 20.2 Å². The Morgan fingerprint density at radius 2 is 1.83 bits per heavy atom. The quantitative estimate of drug-likeness (QED) is 0.103. The van der Waals surface area contributed by atoms with Gasteiger partial charge in [-0.2, -0.15) is 0 Å². The minimum absolute atomic E-state index is 0.00575. The molecule has 35 heavy (non-hydrogen) atoms. The van der Waals surface area contributed by atoms with Crippen LogP contribution in [0.15, 0.2) is 23.2 Å². The number of alkyl halides is 1. The number of aliphatic imine (C=N–C) groups is 1. The molecule has 0 saturated carbocycles. The molecule has 0 aliphatic heterocycles. The average molecular weight is 535 g/mol. The SMILES string of the molecule is CSC(=N[C@](C)(c1cccc(F)c1F)[C@H](C)CCF)N(COCC[Si](C)(C)C)C(=O)OC(C)(C)C. The lowest BCUT2D eigenvalue weighted by Gasteiger charge is -2.35. The number of thioether (sulfide) groups is 1. The summed E-state index contributed by atoms with van der Waals surface area (Å²) in [5.41, 5.74) is -2.12. The zero-order valence-electron chi connectivity index (χ0n) is 22.5. The van der Waals surface area contributed by atoms with E-state index in [1.54, 1.807) is 40.9 Å². The summed E-state index contributed by atoms with van der Waals surface area (Å²) in [5, 5.41) is 0.212. The topological polar surface area (TPSA) is 51.1 Å². The summed E-state index contributed by atoms with van der Waals surface area (Å²) in [5.74, 6) is -2.56. The first-order chi connectivity index (χ1) is 16.1. The van der Waals surface area contributed by atoms with Crippen LogP contribution in [0.1, 0.15) is 46.6 Å². The first kappa shape index (κ1) is 31.5. The van der Waals surface area contributed by atoms with Crippen LogP contribution in [0.2, 0.25) is 25.7 Å². The molecule has 1 rings (SSSR count). The molecule has 0 bridgehead atoms. The molecule has 0 N–H and O–H groups in total. The zero-order chi connectivity index (χ0) is 27.0. The predicted molar refractivity (Wildman–Crippen MR) is 141 cm³/mol. The molecule has 10 heteroatoms. The van der Waals surface area contributed by atoms with E-state index in [4.69, 9.17) is 14.5 Å². The zero-order valence-corrected chi connectivity index (χ0v) is 24.3. The second kappa shape index (κ2) is 13.1. The van der Waals surface area contributed by atoms with Crippen molar-refractivity contribution in [3.8, 4) is 0 Å². The van der Waals surface area contributed by atoms with Crippen molar-refractivity contribution in [3.05, 3.63) is 35.4 Å². The van der Waals surface area contributed by atoms with Gasteiger partial charge in [0.15, 0.2) is 16.8 Å². The van der Waals surface area contributed by atoms with E-state index in [1.165, 1.54) is 17.0 Å². The maximum atomic E-state index is 14.9. The van der Waals surface area contributed by atoms with Gasteiger partial charge in [-0.15, -0.1) is 0 Å². The first-order valence-electron chi connectivity index (χ1n) is 11.8. The van der Waals surface area contributed by atoms with Crippen molar-refractivity contribution in [2.24, 2.45) is 10.9 Å². The van der Waals surface area contributed by atoms with Gasteiger partial charge < -0.3 is 9.47 Å². The van der Waals surface area contributed by atoms with E-state index in [-0.39, 0.29) is 23.9 Å². The molecule has 0 radical (unpaired) electrons. The number of carbonyl (C=O) groups excluding carboxylic acids is 1. The largest absolute Gasteiger partial charge is 0.443 e. The van der Waals surface area contributed by atoms with Gasteiger partial charge in [0.1, 0.15) is 12.3 Å². The molecular weight excluding hydrogens is 493 g/mol. The van der Waals surface area contributed by atoms with Crippen LogP contribution >= 0.6 is 11.8 Å². The lowest BCUT2D eigenvalue weighted by molar-refractivity contribution is 0.0110. The molecule has 0 aliphatic carbocycles. The van der Waals surface area contributed by atoms with Crippen molar-refractivity contribution >= 4 is 31.1 Å². The van der Waals surface area contributed by atoms with Gasteiger partial charge >= 0.3 is 6.09 Å². The molecule has 1 aromatic rings. The van der Waals surface area contributed by atoms with Crippen molar-refractivity contribution in [2.45, 2.75) is 77.9 Å². The summed E-state index contributed by atoms with van der Waals surface area (Å²) in [6.45, 7) is 15.0. The Balaban J connectivity index is 3.53. The van der Waals surface area contributed by atoms with Crippen LogP contribution < -0.4 is 0 Å². The molecule has 0 aliphatic rings. The molecule has 2 atom stereocenters. The molecule has 0 saturated heterocycles. The van der Waals surface area contributed by atoms with Crippen molar-refractivity contribution in [2.75, 3.05) is 26.3 Å². The lowest BCUT2D eigenvalue weighted by atomic mass is 9.79. The van der Waals surface area contributed by atoms with Crippen molar-refractivity contribution in [1.82, 2.24) is 4.90 Å². The van der Waals surface area contributed by atoms with E-state index < -0.39 is 49.5 Å². The summed E-state index contributed by atoms with van der Waals surface area (Å²) < 4.78 is 53.8. The number of nitrogens with zero attached hydrogens (tertiary/aromatic N) is 2. The van der Waals surface area contributed by atoms with Crippen LogP contribution in [0.5, 0.6) is 0 Å². The third-order valence-corrected chi connectivity index (χ3v) is 7.95. The minimum atomic E-state index is -1.36. The van der Waals surface area contributed by atoms with E-state index >= 15 is 0 Å². The number of amidine groups is 1. The van der Waals surface area contributed by atoms with Crippen LogP contribution in [0.25, 0.3) is 0 Å². The second-order valence-electron chi connectivity index (χ2n) is 11.0.